The van der Waals surface area contributed by atoms with Gasteiger partial charge in [0.2, 0.25) is 0 Å². The van der Waals surface area contributed by atoms with Crippen molar-refractivity contribution in [2.75, 3.05) is 39.6 Å². The highest BCUT2D eigenvalue weighted by Crippen LogP contribution is 2.45. The first-order valence-electron chi connectivity index (χ1n) is 35.2. The molecule has 0 aromatic heterocycles. The number of esters is 4. The van der Waals surface area contributed by atoms with Crippen LogP contribution < -0.4 is 0 Å². The molecule has 0 aliphatic carbocycles. The van der Waals surface area contributed by atoms with Crippen molar-refractivity contribution >= 4 is 39.5 Å². The van der Waals surface area contributed by atoms with Crippen LogP contribution in [0.5, 0.6) is 0 Å². The van der Waals surface area contributed by atoms with Crippen molar-refractivity contribution in [3.05, 3.63) is 0 Å². The Hall–Kier alpha value is -1.94. The summed E-state index contributed by atoms with van der Waals surface area (Å²) in [5, 5.41) is 10.6. The lowest BCUT2D eigenvalue weighted by atomic mass is 10.0. The van der Waals surface area contributed by atoms with E-state index in [0.717, 1.165) is 108 Å². The van der Waals surface area contributed by atoms with Gasteiger partial charge in [0.1, 0.15) is 19.3 Å². The van der Waals surface area contributed by atoms with Crippen LogP contribution in [0.25, 0.3) is 0 Å². The number of hydrogen-bond donors (Lipinski definition) is 3. The Kier molecular flexibility index (Phi) is 56.6. The summed E-state index contributed by atoms with van der Waals surface area (Å²) >= 11 is 0. The maximum atomic E-state index is 13.0. The van der Waals surface area contributed by atoms with E-state index in [-0.39, 0.29) is 25.7 Å². The van der Waals surface area contributed by atoms with Crippen LogP contribution >= 0.6 is 15.6 Å². The zero-order valence-corrected chi connectivity index (χ0v) is 58.4. The first-order chi connectivity index (χ1) is 41.6. The van der Waals surface area contributed by atoms with Crippen molar-refractivity contribution in [2.24, 2.45) is 23.7 Å². The standard InChI is InChI=1S/C68H132O17P2/c1-58(2)44-36-28-20-16-12-9-10-14-18-22-32-40-48-65(70)78-54-64(85-68(73)51-43-35-27-25-31-39-47-61(7)8)57-83-87(76,77)81-53-62(69)52-80-86(74,75)82-56-63(55-79-66(71)49-41-33-26-24-30-38-46-60(5)6)84-67(72)50-42-34-23-19-15-11-13-17-21-29-37-45-59(3)4/h58-64,69H,9-57H2,1-8H3,(H,74,75)(H,76,77)/t62-,63+,64+/m0/s1. The van der Waals surface area contributed by atoms with Gasteiger partial charge in [-0.1, -0.05) is 280 Å². The predicted octanol–water partition coefficient (Wildman–Crippen LogP) is 18.9. The Labute approximate surface area is 530 Å². The molecule has 0 aromatic rings. The van der Waals surface area contributed by atoms with E-state index < -0.39 is 97.5 Å². The van der Waals surface area contributed by atoms with Crippen molar-refractivity contribution in [1.29, 1.82) is 0 Å². The fraction of sp³-hybridized carbons (Fsp3) is 0.941. The van der Waals surface area contributed by atoms with Crippen molar-refractivity contribution in [2.45, 2.75) is 350 Å². The van der Waals surface area contributed by atoms with E-state index in [1.54, 1.807) is 0 Å². The number of carbonyl (C=O) groups is 4. The zero-order valence-electron chi connectivity index (χ0n) is 56.6. The molecule has 0 aliphatic heterocycles. The third-order valence-corrected chi connectivity index (χ3v) is 17.5. The lowest BCUT2D eigenvalue weighted by molar-refractivity contribution is -0.161. The average Bonchev–Trinajstić information content (AvgIpc) is 3.67. The molecule has 0 aliphatic rings. The van der Waals surface area contributed by atoms with Crippen molar-refractivity contribution < 1.29 is 80.2 Å². The fourth-order valence-corrected chi connectivity index (χ4v) is 11.7. The van der Waals surface area contributed by atoms with Crippen LogP contribution in [0.3, 0.4) is 0 Å². The number of rotatable bonds is 65. The van der Waals surface area contributed by atoms with Gasteiger partial charge in [0, 0.05) is 25.7 Å². The molecule has 516 valence electrons. The zero-order chi connectivity index (χ0) is 64.7. The number of ether oxygens (including phenoxy) is 4. The number of aliphatic hydroxyl groups is 1. The Balaban J connectivity index is 5.20. The molecule has 0 aromatic carbocycles. The predicted molar refractivity (Wildman–Crippen MR) is 349 cm³/mol. The molecule has 0 heterocycles. The molecule has 0 saturated heterocycles. The van der Waals surface area contributed by atoms with Gasteiger partial charge >= 0.3 is 39.5 Å². The van der Waals surface area contributed by atoms with E-state index in [1.807, 2.05) is 0 Å². The summed E-state index contributed by atoms with van der Waals surface area (Å²) in [6.07, 6.45) is 39.3. The summed E-state index contributed by atoms with van der Waals surface area (Å²) in [7, 11) is -9.90. The first-order valence-corrected chi connectivity index (χ1v) is 38.2. The maximum Gasteiger partial charge on any atom is 0.472 e. The molecule has 87 heavy (non-hydrogen) atoms. The van der Waals surface area contributed by atoms with Gasteiger partial charge in [0.25, 0.3) is 0 Å². The number of phosphoric ester groups is 2. The number of carbonyl (C=O) groups excluding carboxylic acids is 4. The minimum absolute atomic E-state index is 0.101. The van der Waals surface area contributed by atoms with E-state index in [1.165, 1.54) is 128 Å². The van der Waals surface area contributed by atoms with Crippen LogP contribution in [0.2, 0.25) is 0 Å². The molecule has 19 heteroatoms. The van der Waals surface area contributed by atoms with E-state index in [9.17, 15) is 43.2 Å². The largest absolute Gasteiger partial charge is 0.472 e. The van der Waals surface area contributed by atoms with Crippen LogP contribution in [0.1, 0.15) is 331 Å². The number of aliphatic hydroxyl groups excluding tert-OH is 1. The lowest BCUT2D eigenvalue weighted by Crippen LogP contribution is -2.30. The minimum Gasteiger partial charge on any atom is -0.462 e. The highest BCUT2D eigenvalue weighted by atomic mass is 31.2. The van der Waals surface area contributed by atoms with Crippen LogP contribution in [-0.2, 0) is 65.4 Å². The molecule has 0 spiro atoms. The molecule has 0 amide bonds. The summed E-state index contributed by atoms with van der Waals surface area (Å²) < 4.78 is 68.1. The molecule has 3 N–H and O–H groups in total. The van der Waals surface area contributed by atoms with Crippen molar-refractivity contribution in [1.82, 2.24) is 0 Å². The summed E-state index contributed by atoms with van der Waals surface area (Å²) in [4.78, 5) is 72.4. The molecule has 2 unspecified atom stereocenters. The number of unbranched alkanes of at least 4 members (excludes halogenated alkanes) is 31. The van der Waals surface area contributed by atoms with Gasteiger partial charge in [-0.05, 0) is 49.4 Å². The fourth-order valence-electron chi connectivity index (χ4n) is 10.1. The van der Waals surface area contributed by atoms with Crippen LogP contribution in [0, 0.1) is 23.7 Å². The second-order valence-corrected chi connectivity index (χ2v) is 29.4. The second-order valence-electron chi connectivity index (χ2n) is 26.5. The van der Waals surface area contributed by atoms with E-state index in [4.69, 9.17) is 37.0 Å². The summed E-state index contributed by atoms with van der Waals surface area (Å²) in [5.74, 6) is 0.758. The summed E-state index contributed by atoms with van der Waals surface area (Å²) in [6, 6.07) is 0. The minimum atomic E-state index is -4.95. The topological polar surface area (TPSA) is 237 Å². The highest BCUT2D eigenvalue weighted by molar-refractivity contribution is 7.47. The molecule has 0 radical (unpaired) electrons. The molecule has 0 bridgehead atoms. The molecule has 0 fully saturated rings. The summed E-state index contributed by atoms with van der Waals surface area (Å²) in [6.45, 7) is 14.0. The van der Waals surface area contributed by atoms with Gasteiger partial charge < -0.3 is 33.8 Å². The van der Waals surface area contributed by atoms with Gasteiger partial charge in [0.15, 0.2) is 12.2 Å². The van der Waals surface area contributed by atoms with E-state index >= 15 is 0 Å². The van der Waals surface area contributed by atoms with Gasteiger partial charge in [-0.3, -0.25) is 37.3 Å². The lowest BCUT2D eigenvalue weighted by Gasteiger charge is -2.21. The third kappa shape index (κ3) is 62.6. The molecule has 17 nitrogen and oxygen atoms in total. The highest BCUT2D eigenvalue weighted by Gasteiger charge is 2.30. The third-order valence-electron chi connectivity index (χ3n) is 15.6. The Morgan fingerprint density at radius 2 is 0.483 bits per heavy atom. The number of phosphoric acid groups is 2. The van der Waals surface area contributed by atoms with Crippen LogP contribution in [-0.4, -0.2) is 96.7 Å². The Bertz CT molecular complexity index is 1730. The van der Waals surface area contributed by atoms with Gasteiger partial charge in [-0.25, -0.2) is 9.13 Å². The van der Waals surface area contributed by atoms with Crippen molar-refractivity contribution in [3.63, 3.8) is 0 Å². The monoisotopic (exact) mass is 1280 g/mol. The molecule has 0 rings (SSSR count). The molecule has 0 saturated carbocycles. The first kappa shape index (κ1) is 85.1. The maximum absolute atomic E-state index is 13.0. The normalized spacial score (nSPS) is 14.3. The van der Waals surface area contributed by atoms with Gasteiger partial charge in [0.05, 0.1) is 26.4 Å². The summed E-state index contributed by atoms with van der Waals surface area (Å²) in [5.41, 5.74) is 0. The van der Waals surface area contributed by atoms with Gasteiger partial charge in [-0.2, -0.15) is 0 Å². The average molecular weight is 1280 g/mol. The van der Waals surface area contributed by atoms with E-state index in [2.05, 4.69) is 55.4 Å². The number of hydrogen-bond acceptors (Lipinski definition) is 15. The van der Waals surface area contributed by atoms with Crippen molar-refractivity contribution in [3.8, 4) is 0 Å². The smallest absolute Gasteiger partial charge is 0.462 e. The van der Waals surface area contributed by atoms with Crippen LogP contribution in [0.4, 0.5) is 0 Å². The van der Waals surface area contributed by atoms with Crippen LogP contribution in [0.15, 0.2) is 0 Å². The SMILES string of the molecule is CC(C)CCCCCCCCCCCCCCC(=O)OC[C@H](COP(=O)(O)OC[C@@H](O)COP(=O)(O)OC[C@@H](COC(=O)CCCCCCCCC(C)C)OC(=O)CCCCCCCCCCCCCC(C)C)OC(=O)CCCCCCCCC(C)C. The molecular formula is C68H132O17P2. The Morgan fingerprint density at radius 1 is 0.287 bits per heavy atom. The second kappa shape index (κ2) is 57.9. The Morgan fingerprint density at radius 3 is 0.713 bits per heavy atom. The van der Waals surface area contributed by atoms with Gasteiger partial charge in [-0.15, -0.1) is 0 Å². The van der Waals surface area contributed by atoms with E-state index in [0.29, 0.717) is 37.5 Å². The quantitative estimate of drug-likeness (QED) is 0.0222. The molecular weight excluding hydrogens is 1150 g/mol. The molecule has 5 atom stereocenters.